The fourth-order valence-corrected chi connectivity index (χ4v) is 2.20. The summed E-state index contributed by atoms with van der Waals surface area (Å²) in [5.74, 6) is -0.191. The molecule has 0 fully saturated rings. The fraction of sp³-hybridized carbons (Fsp3) is 0. The van der Waals surface area contributed by atoms with Crippen LogP contribution >= 0.6 is 0 Å². The molecule has 88 valence electrons. The third-order valence-electron chi connectivity index (χ3n) is 3.04. The first-order valence-corrected chi connectivity index (χ1v) is 5.31. The number of benzene rings is 2. The van der Waals surface area contributed by atoms with E-state index in [-0.39, 0.29) is 11.5 Å². The van der Waals surface area contributed by atoms with Crippen LogP contribution in [0.15, 0.2) is 36.4 Å². The first kappa shape index (κ1) is 10.5. The maximum absolute atomic E-state index is 12.1. The molecule has 0 aromatic heterocycles. The second-order valence-corrected chi connectivity index (χ2v) is 4.12. The molecule has 0 aliphatic heterocycles. The van der Waals surface area contributed by atoms with E-state index in [4.69, 9.17) is 5.73 Å². The van der Waals surface area contributed by atoms with E-state index in [0.717, 1.165) is 5.56 Å². The van der Waals surface area contributed by atoms with Gasteiger partial charge in [0.15, 0.2) is 5.78 Å². The van der Waals surface area contributed by atoms with Crippen molar-refractivity contribution in [3.8, 4) is 11.1 Å². The lowest BCUT2D eigenvalue weighted by molar-refractivity contribution is -0.384. The van der Waals surface area contributed by atoms with E-state index in [1.165, 1.54) is 12.1 Å². The van der Waals surface area contributed by atoms with Crippen molar-refractivity contribution in [2.45, 2.75) is 0 Å². The topological polar surface area (TPSA) is 86.2 Å². The third-order valence-corrected chi connectivity index (χ3v) is 3.04. The van der Waals surface area contributed by atoms with Crippen LogP contribution < -0.4 is 5.73 Å². The number of anilines is 1. The number of non-ortho nitro benzene ring substituents is 1. The summed E-state index contributed by atoms with van der Waals surface area (Å²) in [5.41, 5.74) is 8.52. The van der Waals surface area contributed by atoms with Gasteiger partial charge in [0.25, 0.3) is 5.69 Å². The number of ketones is 1. The predicted octanol–water partition coefficient (Wildman–Crippen LogP) is 2.39. The molecule has 1 aliphatic rings. The van der Waals surface area contributed by atoms with Crippen LogP contribution in [0.1, 0.15) is 15.9 Å². The van der Waals surface area contributed by atoms with Crippen LogP contribution in [0, 0.1) is 10.1 Å². The number of hydrogen-bond acceptors (Lipinski definition) is 4. The number of fused-ring (bicyclic) bond motifs is 3. The molecule has 0 saturated carbocycles. The largest absolute Gasteiger partial charge is 0.399 e. The van der Waals surface area contributed by atoms with Gasteiger partial charge in [-0.1, -0.05) is 0 Å². The molecule has 5 nitrogen and oxygen atoms in total. The quantitative estimate of drug-likeness (QED) is 0.402. The molecule has 2 aromatic carbocycles. The van der Waals surface area contributed by atoms with Gasteiger partial charge in [-0.3, -0.25) is 14.9 Å². The van der Waals surface area contributed by atoms with Gasteiger partial charge in [0, 0.05) is 28.9 Å². The highest BCUT2D eigenvalue weighted by Crippen LogP contribution is 2.39. The molecule has 0 heterocycles. The number of nitrogen functional groups attached to an aromatic ring is 1. The lowest BCUT2D eigenvalue weighted by Gasteiger charge is -2.00. The number of nitro groups is 1. The maximum atomic E-state index is 12.1. The minimum atomic E-state index is -0.509. The van der Waals surface area contributed by atoms with Gasteiger partial charge in [0.2, 0.25) is 0 Å². The first-order valence-electron chi connectivity index (χ1n) is 5.31. The number of hydrogen-bond donors (Lipinski definition) is 1. The average Bonchev–Trinajstić information content (AvgIpc) is 2.62. The smallest absolute Gasteiger partial charge is 0.270 e. The molecule has 0 amide bonds. The van der Waals surface area contributed by atoms with Crippen LogP contribution in [-0.4, -0.2) is 10.7 Å². The SMILES string of the molecule is Nc1ccc2c(c1)-c1ccc([N+](=O)[O-])cc1C2=O. The number of nitrogens with two attached hydrogens (primary N) is 1. The zero-order valence-corrected chi connectivity index (χ0v) is 9.21. The second-order valence-electron chi connectivity index (χ2n) is 4.12. The zero-order valence-electron chi connectivity index (χ0n) is 9.21. The van der Waals surface area contributed by atoms with Crippen LogP contribution in [0.2, 0.25) is 0 Å². The minimum Gasteiger partial charge on any atom is -0.399 e. The predicted molar refractivity (Wildman–Crippen MR) is 66.4 cm³/mol. The van der Waals surface area contributed by atoms with E-state index in [1.807, 2.05) is 0 Å². The highest BCUT2D eigenvalue weighted by molar-refractivity contribution is 6.22. The maximum Gasteiger partial charge on any atom is 0.270 e. The van der Waals surface area contributed by atoms with Crippen LogP contribution in [0.4, 0.5) is 11.4 Å². The molecule has 0 atom stereocenters. The monoisotopic (exact) mass is 240 g/mol. The normalized spacial score (nSPS) is 12.1. The summed E-state index contributed by atoms with van der Waals surface area (Å²) in [6.45, 7) is 0. The van der Waals surface area contributed by atoms with Crippen molar-refractivity contribution in [1.82, 2.24) is 0 Å². The van der Waals surface area contributed by atoms with Crippen LogP contribution in [0.5, 0.6) is 0 Å². The molecule has 0 spiro atoms. The number of carbonyl (C=O) groups is 1. The van der Waals surface area contributed by atoms with E-state index in [9.17, 15) is 14.9 Å². The summed E-state index contributed by atoms with van der Waals surface area (Å²) in [6, 6.07) is 9.32. The molecule has 0 radical (unpaired) electrons. The fourth-order valence-electron chi connectivity index (χ4n) is 2.20. The van der Waals surface area contributed by atoms with Crippen LogP contribution in [0.3, 0.4) is 0 Å². The van der Waals surface area contributed by atoms with Crippen molar-refractivity contribution >= 4 is 17.2 Å². The second kappa shape index (κ2) is 3.40. The van der Waals surface area contributed by atoms with E-state index in [0.29, 0.717) is 22.4 Å². The van der Waals surface area contributed by atoms with Gasteiger partial charge in [-0.25, -0.2) is 0 Å². The molecule has 0 bridgehead atoms. The average molecular weight is 240 g/mol. The number of rotatable bonds is 1. The molecular weight excluding hydrogens is 232 g/mol. The van der Waals surface area contributed by atoms with Gasteiger partial charge in [0.1, 0.15) is 0 Å². The summed E-state index contributed by atoms with van der Waals surface area (Å²) in [4.78, 5) is 22.3. The molecule has 0 unspecified atom stereocenters. The molecule has 0 saturated heterocycles. The molecule has 2 aromatic rings. The number of carbonyl (C=O) groups excluding carboxylic acids is 1. The van der Waals surface area contributed by atoms with Crippen molar-refractivity contribution in [3.05, 3.63) is 57.6 Å². The van der Waals surface area contributed by atoms with Gasteiger partial charge in [-0.05, 0) is 35.4 Å². The Morgan fingerprint density at radius 2 is 1.67 bits per heavy atom. The molecule has 3 rings (SSSR count). The molecular formula is C13H8N2O3. The standard InChI is InChI=1S/C13H8N2O3/c14-7-1-3-10-11(5-7)9-4-2-8(15(17)18)6-12(9)13(10)16/h1-6H,14H2. The van der Waals surface area contributed by atoms with E-state index >= 15 is 0 Å². The molecule has 5 heteroatoms. The lowest BCUT2D eigenvalue weighted by atomic mass is 10.1. The summed E-state index contributed by atoms with van der Waals surface area (Å²) in [6.07, 6.45) is 0. The van der Waals surface area contributed by atoms with Gasteiger partial charge in [0.05, 0.1) is 4.92 Å². The summed E-state index contributed by atoms with van der Waals surface area (Å²) < 4.78 is 0. The first-order chi connectivity index (χ1) is 8.58. The van der Waals surface area contributed by atoms with Crippen molar-refractivity contribution < 1.29 is 9.72 Å². The van der Waals surface area contributed by atoms with E-state index in [1.54, 1.807) is 24.3 Å². The van der Waals surface area contributed by atoms with Crippen molar-refractivity contribution in [2.75, 3.05) is 5.73 Å². The Kier molecular flexibility index (Phi) is 1.98. The van der Waals surface area contributed by atoms with Crippen LogP contribution in [-0.2, 0) is 0 Å². The van der Waals surface area contributed by atoms with Gasteiger partial charge in [-0.2, -0.15) is 0 Å². The summed E-state index contributed by atoms with van der Waals surface area (Å²) in [7, 11) is 0. The van der Waals surface area contributed by atoms with E-state index in [2.05, 4.69) is 0 Å². The lowest BCUT2D eigenvalue weighted by Crippen LogP contribution is -1.96. The van der Waals surface area contributed by atoms with Gasteiger partial charge in [-0.15, -0.1) is 0 Å². The van der Waals surface area contributed by atoms with Crippen molar-refractivity contribution in [2.24, 2.45) is 0 Å². The molecule has 1 aliphatic carbocycles. The van der Waals surface area contributed by atoms with Gasteiger partial charge >= 0.3 is 0 Å². The Morgan fingerprint density at radius 1 is 0.944 bits per heavy atom. The summed E-state index contributed by atoms with van der Waals surface area (Å²) in [5, 5.41) is 10.7. The highest BCUT2D eigenvalue weighted by Gasteiger charge is 2.28. The number of nitro benzene ring substituents is 1. The Labute approximate surface area is 102 Å². The summed E-state index contributed by atoms with van der Waals surface area (Å²) >= 11 is 0. The van der Waals surface area contributed by atoms with Crippen molar-refractivity contribution in [3.63, 3.8) is 0 Å². The van der Waals surface area contributed by atoms with Gasteiger partial charge < -0.3 is 5.73 Å². The molecule has 18 heavy (non-hydrogen) atoms. The molecule has 2 N–H and O–H groups in total. The zero-order chi connectivity index (χ0) is 12.9. The highest BCUT2D eigenvalue weighted by atomic mass is 16.6. The van der Waals surface area contributed by atoms with Crippen LogP contribution in [0.25, 0.3) is 11.1 Å². The third kappa shape index (κ3) is 1.31. The Hall–Kier alpha value is -2.69. The Morgan fingerprint density at radius 3 is 2.39 bits per heavy atom. The Balaban J connectivity index is 2.27. The number of nitrogens with zero attached hydrogens (tertiary/aromatic N) is 1. The minimum absolute atomic E-state index is 0.0807. The Bertz CT molecular complexity index is 707. The van der Waals surface area contributed by atoms with E-state index < -0.39 is 4.92 Å². The van der Waals surface area contributed by atoms with Crippen molar-refractivity contribution in [1.29, 1.82) is 0 Å².